The Morgan fingerprint density at radius 2 is 1.86 bits per heavy atom. The molecule has 1 aromatic carbocycles. The second-order valence-electron chi connectivity index (χ2n) is 9.68. The van der Waals surface area contributed by atoms with Crippen LogP contribution >= 0.6 is 0 Å². The zero-order valence-electron chi connectivity index (χ0n) is 20.7. The highest BCUT2D eigenvalue weighted by Crippen LogP contribution is 2.35. The van der Waals surface area contributed by atoms with Crippen molar-refractivity contribution < 1.29 is 14.3 Å². The molecule has 2 aliphatic rings. The fraction of sp³-hybridized carbons (Fsp3) is 0.577. The van der Waals surface area contributed by atoms with E-state index in [-0.39, 0.29) is 17.5 Å². The van der Waals surface area contributed by atoms with Crippen molar-refractivity contribution in [3.8, 4) is 5.75 Å². The van der Waals surface area contributed by atoms with E-state index >= 15 is 0 Å². The molecule has 35 heavy (non-hydrogen) atoms. The van der Waals surface area contributed by atoms with Gasteiger partial charge in [0.25, 0.3) is 11.5 Å². The third-order valence-electron chi connectivity index (χ3n) is 7.52. The number of methoxy groups -OCH3 is 2. The number of rotatable bonds is 8. The fourth-order valence-electron chi connectivity index (χ4n) is 5.55. The average molecular weight is 482 g/mol. The van der Waals surface area contributed by atoms with Crippen LogP contribution in [0.15, 0.2) is 23.1 Å². The molecule has 1 saturated heterocycles. The zero-order valence-corrected chi connectivity index (χ0v) is 20.7. The number of unbranched alkanes of at least 4 members (excludes halogenated alkanes) is 1. The smallest absolute Gasteiger partial charge is 0.259 e. The average Bonchev–Trinajstić information content (AvgIpc) is 3.56. The summed E-state index contributed by atoms with van der Waals surface area (Å²) in [6.07, 6.45) is 8.27. The number of ether oxygens (including phenoxy) is 2. The number of hydrogen-bond acceptors (Lipinski definition) is 6. The monoisotopic (exact) mass is 481 g/mol. The first-order chi connectivity index (χ1) is 17.1. The van der Waals surface area contributed by atoms with Crippen LogP contribution in [0.1, 0.15) is 54.9 Å². The number of aromatic amines is 1. The summed E-state index contributed by atoms with van der Waals surface area (Å²) in [6.45, 7) is 4.91. The molecular formula is C26H35N5O4. The number of aromatic nitrogens is 3. The first kappa shape index (κ1) is 23.8. The van der Waals surface area contributed by atoms with E-state index in [2.05, 4.69) is 15.0 Å². The predicted octanol–water partition coefficient (Wildman–Crippen LogP) is 3.19. The van der Waals surface area contributed by atoms with E-state index in [1.165, 1.54) is 12.8 Å². The Hall–Kier alpha value is -2.91. The van der Waals surface area contributed by atoms with Crippen molar-refractivity contribution in [2.45, 2.75) is 44.6 Å². The second-order valence-corrected chi connectivity index (χ2v) is 9.68. The molecule has 0 spiro atoms. The van der Waals surface area contributed by atoms with Crippen LogP contribution in [0.2, 0.25) is 0 Å². The van der Waals surface area contributed by atoms with Crippen LogP contribution in [0, 0.1) is 0 Å². The van der Waals surface area contributed by atoms with Gasteiger partial charge in [-0.15, -0.1) is 0 Å². The van der Waals surface area contributed by atoms with Gasteiger partial charge in [0.1, 0.15) is 5.75 Å². The molecule has 2 fully saturated rings. The summed E-state index contributed by atoms with van der Waals surface area (Å²) in [6, 6.07) is 3.95. The molecule has 1 aliphatic heterocycles. The maximum atomic E-state index is 13.6. The van der Waals surface area contributed by atoms with E-state index in [4.69, 9.17) is 9.47 Å². The van der Waals surface area contributed by atoms with Crippen molar-refractivity contribution >= 4 is 27.7 Å². The molecule has 1 saturated carbocycles. The maximum absolute atomic E-state index is 13.6. The van der Waals surface area contributed by atoms with Crippen LogP contribution in [-0.2, 0) is 4.74 Å². The lowest BCUT2D eigenvalue weighted by atomic mass is 10.1. The molecule has 188 valence electrons. The van der Waals surface area contributed by atoms with Crippen molar-refractivity contribution in [1.82, 2.24) is 24.6 Å². The lowest BCUT2D eigenvalue weighted by Gasteiger charge is -2.35. The molecule has 1 aliphatic carbocycles. The Morgan fingerprint density at radius 3 is 2.57 bits per heavy atom. The topological polar surface area (TPSA) is 92.7 Å². The molecule has 0 radical (unpaired) electrons. The Bertz CT molecular complexity index is 1250. The summed E-state index contributed by atoms with van der Waals surface area (Å²) in [5.41, 5.74) is 1.84. The van der Waals surface area contributed by atoms with Gasteiger partial charge in [-0.25, -0.2) is 0 Å². The Morgan fingerprint density at radius 1 is 1.09 bits per heavy atom. The minimum Gasteiger partial charge on any atom is -0.496 e. The highest BCUT2D eigenvalue weighted by Gasteiger charge is 2.27. The number of nitrogens with one attached hydrogen (secondary N) is 1. The Balaban J connectivity index is 1.44. The van der Waals surface area contributed by atoms with Gasteiger partial charge in [0.2, 0.25) is 0 Å². The normalized spacial score (nSPS) is 17.6. The SMILES string of the molecule is COCCCCN1CCN(C(=O)c2cc3c(cc2OC)[nH]c(=O)c2cnn(C4CCCC4)c23)CC1. The first-order valence-corrected chi connectivity index (χ1v) is 12.7. The largest absolute Gasteiger partial charge is 0.496 e. The summed E-state index contributed by atoms with van der Waals surface area (Å²) in [4.78, 5) is 33.7. The molecule has 9 heteroatoms. The number of nitrogens with zero attached hydrogens (tertiary/aromatic N) is 4. The minimum absolute atomic E-state index is 0.0333. The molecule has 1 N–H and O–H groups in total. The predicted molar refractivity (Wildman–Crippen MR) is 135 cm³/mol. The van der Waals surface area contributed by atoms with Gasteiger partial charge in [-0.3, -0.25) is 19.2 Å². The molecule has 0 atom stereocenters. The van der Waals surface area contributed by atoms with Crippen LogP contribution in [0.25, 0.3) is 21.8 Å². The summed E-state index contributed by atoms with van der Waals surface area (Å²) in [7, 11) is 3.30. The van der Waals surface area contributed by atoms with Gasteiger partial charge in [-0.1, -0.05) is 12.8 Å². The number of amides is 1. The molecule has 0 unspecified atom stereocenters. The molecule has 9 nitrogen and oxygen atoms in total. The van der Waals surface area contributed by atoms with E-state index in [1.807, 2.05) is 15.6 Å². The maximum Gasteiger partial charge on any atom is 0.259 e. The van der Waals surface area contributed by atoms with Gasteiger partial charge < -0.3 is 19.4 Å². The highest BCUT2D eigenvalue weighted by atomic mass is 16.5. The number of H-pyrrole nitrogens is 1. The minimum atomic E-state index is -0.167. The van der Waals surface area contributed by atoms with E-state index in [0.717, 1.165) is 62.8 Å². The summed E-state index contributed by atoms with van der Waals surface area (Å²) >= 11 is 0. The van der Waals surface area contributed by atoms with Crippen molar-refractivity contribution in [3.05, 3.63) is 34.2 Å². The van der Waals surface area contributed by atoms with Crippen molar-refractivity contribution in [2.24, 2.45) is 0 Å². The van der Waals surface area contributed by atoms with Crippen LogP contribution in [0.3, 0.4) is 0 Å². The second kappa shape index (κ2) is 10.4. The first-order valence-electron chi connectivity index (χ1n) is 12.7. The quantitative estimate of drug-likeness (QED) is 0.497. The lowest BCUT2D eigenvalue weighted by Crippen LogP contribution is -2.48. The zero-order chi connectivity index (χ0) is 24.4. The van der Waals surface area contributed by atoms with E-state index in [9.17, 15) is 9.59 Å². The fourth-order valence-corrected chi connectivity index (χ4v) is 5.55. The Labute approximate surface area is 205 Å². The van der Waals surface area contributed by atoms with Gasteiger partial charge in [0.15, 0.2) is 0 Å². The molecule has 3 aromatic rings. The summed E-state index contributed by atoms with van der Waals surface area (Å²) in [5, 5.41) is 6.00. The number of benzene rings is 1. The Kier molecular flexibility index (Phi) is 7.06. The number of piperazine rings is 1. The highest BCUT2D eigenvalue weighted by molar-refractivity contribution is 6.08. The van der Waals surface area contributed by atoms with Crippen molar-refractivity contribution in [3.63, 3.8) is 0 Å². The third-order valence-corrected chi connectivity index (χ3v) is 7.52. The number of hydrogen-bond donors (Lipinski definition) is 1. The molecule has 5 rings (SSSR count). The van der Waals surface area contributed by atoms with Crippen LogP contribution in [0.4, 0.5) is 0 Å². The number of fused-ring (bicyclic) bond motifs is 3. The van der Waals surface area contributed by atoms with Crippen LogP contribution in [0.5, 0.6) is 5.75 Å². The number of carbonyl (C=O) groups is 1. The lowest BCUT2D eigenvalue weighted by molar-refractivity contribution is 0.0629. The molecule has 3 heterocycles. The van der Waals surface area contributed by atoms with E-state index in [0.29, 0.717) is 35.3 Å². The van der Waals surface area contributed by atoms with E-state index < -0.39 is 0 Å². The van der Waals surface area contributed by atoms with Crippen molar-refractivity contribution in [1.29, 1.82) is 0 Å². The van der Waals surface area contributed by atoms with Gasteiger partial charge in [0.05, 0.1) is 41.3 Å². The van der Waals surface area contributed by atoms with Gasteiger partial charge in [-0.2, -0.15) is 5.10 Å². The van der Waals surface area contributed by atoms with Gasteiger partial charge >= 0.3 is 0 Å². The number of carbonyl (C=O) groups excluding carboxylic acids is 1. The van der Waals surface area contributed by atoms with Gasteiger partial charge in [0, 0.05) is 51.3 Å². The molecule has 1 amide bonds. The molecule has 2 aromatic heterocycles. The van der Waals surface area contributed by atoms with Gasteiger partial charge in [-0.05, 0) is 38.3 Å². The third kappa shape index (κ3) is 4.67. The van der Waals surface area contributed by atoms with Crippen molar-refractivity contribution in [2.75, 3.05) is 53.6 Å². The van der Waals surface area contributed by atoms with Crippen LogP contribution < -0.4 is 10.3 Å². The molecular weight excluding hydrogens is 446 g/mol. The van der Waals surface area contributed by atoms with Crippen LogP contribution in [-0.4, -0.2) is 84.0 Å². The molecule has 0 bridgehead atoms. The standard InChI is InChI=1S/C26H35N5O4/c1-34-14-6-5-9-29-10-12-30(13-11-29)26(33)20-15-19-22(16-23(20)35-2)28-25(32)21-17-27-31(24(19)21)18-7-3-4-8-18/h15-18H,3-14H2,1-2H3,(H,28,32). The summed E-state index contributed by atoms with van der Waals surface area (Å²) < 4.78 is 12.8. The van der Waals surface area contributed by atoms with E-state index in [1.54, 1.807) is 26.5 Å². The summed E-state index contributed by atoms with van der Waals surface area (Å²) in [5.74, 6) is 0.445. The number of pyridine rings is 1.